The third-order valence-electron chi connectivity index (χ3n) is 0. The molecule has 0 bridgehead atoms. The molecule has 0 aliphatic heterocycles. The van der Waals surface area contributed by atoms with Crippen LogP contribution in [0.15, 0.2) is 0 Å². The minimum Gasteiger partial charge on any atom is 1.00 e. The molecule has 6 N–H and O–H groups in total. The SMILES string of the molecule is O.O.O.O=[Te](=O)([O-])[O-].[K+].[K+]. The first-order valence-corrected chi connectivity index (χ1v) is 4.47. The van der Waals surface area contributed by atoms with Gasteiger partial charge in [-0.1, -0.05) is 0 Å². The molecule has 0 aromatic carbocycles. The average Bonchev–Trinajstić information content (AvgIpc) is 0.722. The average molecular weight is 324 g/mol. The van der Waals surface area contributed by atoms with E-state index in [1.165, 1.54) is 0 Å². The van der Waals surface area contributed by atoms with Crippen LogP contribution in [0.3, 0.4) is 0 Å². The maximum atomic E-state index is 8.63. The molecule has 0 heterocycles. The minimum atomic E-state index is -6.02. The van der Waals surface area contributed by atoms with Gasteiger partial charge in [-0.25, -0.2) is 0 Å². The molecule has 0 saturated carbocycles. The van der Waals surface area contributed by atoms with Crippen molar-refractivity contribution in [3.8, 4) is 0 Å². The third kappa shape index (κ3) is 105. The van der Waals surface area contributed by atoms with Crippen molar-refractivity contribution in [2.45, 2.75) is 0 Å². The zero-order valence-electron chi connectivity index (χ0n) is 5.54. The Balaban J connectivity index is -0.00000000800. The van der Waals surface area contributed by atoms with Crippen molar-refractivity contribution in [1.82, 2.24) is 0 Å². The summed E-state index contributed by atoms with van der Waals surface area (Å²) in [6, 6.07) is 0. The maximum absolute atomic E-state index is 8.63. The van der Waals surface area contributed by atoms with Gasteiger partial charge in [0.25, 0.3) is 0 Å². The van der Waals surface area contributed by atoms with Crippen molar-refractivity contribution in [3.63, 3.8) is 0 Å². The molecule has 0 aliphatic rings. The van der Waals surface area contributed by atoms with E-state index in [9.17, 15) is 0 Å². The monoisotopic (exact) mass is 326 g/mol. The van der Waals surface area contributed by atoms with Crippen LogP contribution in [0, 0.1) is 0 Å². The van der Waals surface area contributed by atoms with Crippen LogP contribution in [0.4, 0.5) is 0 Å². The van der Waals surface area contributed by atoms with Gasteiger partial charge in [-0.05, 0) is 0 Å². The molecule has 10 heteroatoms. The summed E-state index contributed by atoms with van der Waals surface area (Å²) in [6.45, 7) is 0. The zero-order chi connectivity index (χ0) is 4.50. The first kappa shape index (κ1) is 37.5. The van der Waals surface area contributed by atoms with E-state index in [-0.39, 0.29) is 119 Å². The Bertz CT molecular complexity index is 94.8. The van der Waals surface area contributed by atoms with Crippen LogP contribution in [0.5, 0.6) is 0 Å². The molecule has 0 aromatic rings. The standard InChI is InChI=1S/2K.H2O4Te.3H2O/c;;1-5(2,3)4;;;/h;;(H2,1,2,3,4);3*1H2/q2*+1;;;;/p-2. The van der Waals surface area contributed by atoms with Crippen molar-refractivity contribution in [1.29, 1.82) is 0 Å². The molecule has 0 spiro atoms. The summed E-state index contributed by atoms with van der Waals surface area (Å²) in [5, 5.41) is 0. The van der Waals surface area contributed by atoms with Gasteiger partial charge < -0.3 is 16.4 Å². The Hall–Kier alpha value is 3.46. The summed E-state index contributed by atoms with van der Waals surface area (Å²) in [7, 11) is 0. The van der Waals surface area contributed by atoms with Gasteiger partial charge in [-0.3, -0.25) is 0 Å². The molecule has 56 valence electrons. The topological polar surface area (TPSA) is 175 Å². The van der Waals surface area contributed by atoms with E-state index in [2.05, 4.69) is 0 Å². The van der Waals surface area contributed by atoms with Crippen molar-refractivity contribution in [2.75, 3.05) is 0 Å². The second kappa shape index (κ2) is 18.3. The van der Waals surface area contributed by atoms with Gasteiger partial charge in [0.2, 0.25) is 0 Å². The summed E-state index contributed by atoms with van der Waals surface area (Å²) in [5.41, 5.74) is 0. The summed E-state index contributed by atoms with van der Waals surface area (Å²) < 4.78 is 34.5. The minimum absolute atomic E-state index is 0. The molecule has 0 saturated heterocycles. The fourth-order valence-corrected chi connectivity index (χ4v) is 0. The van der Waals surface area contributed by atoms with E-state index >= 15 is 0 Å². The van der Waals surface area contributed by atoms with Gasteiger partial charge in [0.15, 0.2) is 0 Å². The fraction of sp³-hybridized carbons (Fsp3) is 0. The molecule has 0 unspecified atom stereocenters. The Kier molecular flexibility index (Phi) is 68.7. The van der Waals surface area contributed by atoms with Crippen molar-refractivity contribution < 1.29 is 132 Å². The largest absolute Gasteiger partial charge is 1.00 e. The van der Waals surface area contributed by atoms with Crippen LogP contribution < -0.4 is 110 Å². The summed E-state index contributed by atoms with van der Waals surface area (Å²) in [6.07, 6.45) is 0. The second-order valence-electron chi connectivity index (χ2n) is 0.408. The summed E-state index contributed by atoms with van der Waals surface area (Å²) in [5.74, 6) is 0. The Morgan fingerprint density at radius 3 is 0.800 bits per heavy atom. The molecule has 0 aliphatic carbocycles. The van der Waals surface area contributed by atoms with Crippen molar-refractivity contribution in [3.05, 3.63) is 0 Å². The zero-order valence-corrected chi connectivity index (χ0v) is 14.1. The number of hydrogen-bond acceptors (Lipinski definition) is 4. The van der Waals surface area contributed by atoms with Crippen LogP contribution in [0.25, 0.3) is 0 Å². The summed E-state index contributed by atoms with van der Waals surface area (Å²) >= 11 is -6.02. The van der Waals surface area contributed by atoms with E-state index < -0.39 is 19.0 Å². The van der Waals surface area contributed by atoms with E-state index in [1.54, 1.807) is 0 Å². The smallest absolute Gasteiger partial charge is 1.00 e. The van der Waals surface area contributed by atoms with Crippen molar-refractivity contribution in [2.24, 2.45) is 0 Å². The molecule has 0 rings (SSSR count). The summed E-state index contributed by atoms with van der Waals surface area (Å²) in [4.78, 5) is 0. The number of rotatable bonds is 0. The first-order chi connectivity index (χ1) is 2.00. The molecule has 0 radical (unpaired) electrons. The van der Waals surface area contributed by atoms with Crippen LogP contribution in [-0.4, -0.2) is 35.4 Å². The van der Waals surface area contributed by atoms with Crippen molar-refractivity contribution >= 4 is 19.0 Å². The van der Waals surface area contributed by atoms with Gasteiger partial charge in [-0.15, -0.1) is 0 Å². The van der Waals surface area contributed by atoms with E-state index in [1.807, 2.05) is 0 Å². The molecular weight excluding hydrogens is 318 g/mol. The first-order valence-electron chi connectivity index (χ1n) is 0.667. The second-order valence-corrected chi connectivity index (χ2v) is 2.74. The molecule has 0 atom stereocenters. The van der Waals surface area contributed by atoms with Gasteiger partial charge in [0.05, 0.1) is 0 Å². The third-order valence-corrected chi connectivity index (χ3v) is 0. The van der Waals surface area contributed by atoms with Gasteiger partial charge in [-0.2, -0.15) is 0 Å². The van der Waals surface area contributed by atoms with Crippen LogP contribution in [0.2, 0.25) is 0 Å². The Labute approximate surface area is 147 Å². The Morgan fingerprint density at radius 2 is 0.800 bits per heavy atom. The Morgan fingerprint density at radius 1 is 0.800 bits per heavy atom. The fourth-order valence-electron chi connectivity index (χ4n) is 0. The van der Waals surface area contributed by atoms with Crippen LogP contribution >= 0.6 is 0 Å². The number of hydrogen-bond donors (Lipinski definition) is 0. The molecular formula is H6K2O7Te. The molecule has 0 amide bonds. The van der Waals surface area contributed by atoms with Gasteiger partial charge in [0.1, 0.15) is 0 Å². The van der Waals surface area contributed by atoms with Crippen LogP contribution in [0.1, 0.15) is 0 Å². The quantitative estimate of drug-likeness (QED) is 0.402. The predicted molar refractivity (Wildman–Crippen MR) is 18.0 cm³/mol. The molecule has 7 nitrogen and oxygen atoms in total. The van der Waals surface area contributed by atoms with E-state index in [0.29, 0.717) is 0 Å². The van der Waals surface area contributed by atoms with Crippen LogP contribution in [-0.2, 0) is 6.21 Å². The molecule has 0 aromatic heterocycles. The molecule has 10 heavy (non-hydrogen) atoms. The van der Waals surface area contributed by atoms with E-state index in [4.69, 9.17) is 13.2 Å². The van der Waals surface area contributed by atoms with E-state index in [0.717, 1.165) is 0 Å². The van der Waals surface area contributed by atoms with Gasteiger partial charge >= 0.3 is 135 Å². The molecule has 0 fully saturated rings. The van der Waals surface area contributed by atoms with Gasteiger partial charge in [0, 0.05) is 0 Å². The maximum Gasteiger partial charge on any atom is 1.00 e. The normalized spacial score (nSPS) is 5.80. The predicted octanol–water partition coefficient (Wildman–Crippen LogP) is -11.5.